The van der Waals surface area contributed by atoms with Crippen molar-refractivity contribution in [1.29, 1.82) is 0 Å². The summed E-state index contributed by atoms with van der Waals surface area (Å²) in [5, 5.41) is 0.887. The van der Waals surface area contributed by atoms with E-state index in [2.05, 4.69) is 6.92 Å². The lowest BCUT2D eigenvalue weighted by molar-refractivity contribution is 0.100. The van der Waals surface area contributed by atoms with Crippen LogP contribution in [-0.2, 0) is 6.42 Å². The molecule has 1 aromatic carbocycles. The van der Waals surface area contributed by atoms with Crippen molar-refractivity contribution in [3.05, 3.63) is 41.1 Å². The van der Waals surface area contributed by atoms with Gasteiger partial charge in [-0.1, -0.05) is 25.1 Å². The highest BCUT2D eigenvalue weighted by Gasteiger charge is 2.24. The first-order valence-electron chi connectivity index (χ1n) is 6.40. The minimum Gasteiger partial charge on any atom is -0.366 e. The largest absolute Gasteiger partial charge is 0.366 e. The summed E-state index contributed by atoms with van der Waals surface area (Å²) in [6.45, 7) is 2.17. The summed E-state index contributed by atoms with van der Waals surface area (Å²) in [7, 11) is 0. The Bertz CT molecular complexity index is 634. The van der Waals surface area contributed by atoms with Crippen LogP contribution in [0.3, 0.4) is 0 Å². The molecule has 0 saturated carbocycles. The molecule has 92 valence electrons. The van der Waals surface area contributed by atoms with E-state index in [1.807, 2.05) is 24.3 Å². The third-order valence-electron chi connectivity index (χ3n) is 3.80. The molecule has 0 bridgehead atoms. The molecule has 2 aromatic rings. The first-order chi connectivity index (χ1) is 8.68. The maximum absolute atomic E-state index is 11.8. The van der Waals surface area contributed by atoms with Crippen LogP contribution in [0.1, 0.15) is 47.3 Å². The number of hydrogen-bond acceptors (Lipinski definition) is 2. The number of pyridine rings is 1. The van der Waals surface area contributed by atoms with E-state index >= 15 is 0 Å². The third kappa shape index (κ3) is 1.58. The number of nitrogens with zero attached hydrogens (tertiary/aromatic N) is 1. The zero-order valence-corrected chi connectivity index (χ0v) is 10.4. The first kappa shape index (κ1) is 11.2. The van der Waals surface area contributed by atoms with E-state index in [0.717, 1.165) is 41.4 Å². The van der Waals surface area contributed by atoms with Crippen molar-refractivity contribution >= 4 is 16.8 Å². The first-order valence-corrected chi connectivity index (χ1v) is 6.40. The van der Waals surface area contributed by atoms with Crippen LogP contribution in [0, 0.1) is 0 Å². The number of amides is 1. The Hall–Kier alpha value is -1.90. The van der Waals surface area contributed by atoms with Crippen LogP contribution in [-0.4, -0.2) is 10.9 Å². The normalized spacial score (nSPS) is 18.6. The van der Waals surface area contributed by atoms with E-state index < -0.39 is 0 Å². The van der Waals surface area contributed by atoms with Crippen LogP contribution < -0.4 is 5.73 Å². The van der Waals surface area contributed by atoms with Gasteiger partial charge < -0.3 is 5.73 Å². The molecule has 1 atom stereocenters. The van der Waals surface area contributed by atoms with Gasteiger partial charge in [0.2, 0.25) is 5.91 Å². The van der Waals surface area contributed by atoms with E-state index in [0.29, 0.717) is 11.5 Å². The highest BCUT2D eigenvalue weighted by atomic mass is 16.1. The van der Waals surface area contributed by atoms with Crippen molar-refractivity contribution in [3.63, 3.8) is 0 Å². The van der Waals surface area contributed by atoms with Gasteiger partial charge in [-0.3, -0.25) is 9.78 Å². The molecule has 1 heterocycles. The SMILES string of the molecule is C[C@H]1CCCc2c1nc1ccccc1c2C(N)=O. The van der Waals surface area contributed by atoms with Crippen LogP contribution in [0.15, 0.2) is 24.3 Å². The van der Waals surface area contributed by atoms with Gasteiger partial charge in [-0.15, -0.1) is 0 Å². The van der Waals surface area contributed by atoms with Crippen molar-refractivity contribution in [2.75, 3.05) is 0 Å². The minimum atomic E-state index is -0.334. The van der Waals surface area contributed by atoms with Crippen LogP contribution in [0.25, 0.3) is 10.9 Å². The van der Waals surface area contributed by atoms with E-state index in [4.69, 9.17) is 10.7 Å². The molecule has 1 aromatic heterocycles. The second-order valence-electron chi connectivity index (χ2n) is 5.03. The van der Waals surface area contributed by atoms with Crippen molar-refractivity contribution in [2.24, 2.45) is 5.73 Å². The Labute approximate surface area is 106 Å². The van der Waals surface area contributed by atoms with Gasteiger partial charge in [0.15, 0.2) is 0 Å². The zero-order valence-electron chi connectivity index (χ0n) is 10.4. The molecular formula is C15H16N2O. The second kappa shape index (κ2) is 4.09. The zero-order chi connectivity index (χ0) is 12.7. The Kier molecular flexibility index (Phi) is 2.54. The van der Waals surface area contributed by atoms with Crippen LogP contribution >= 0.6 is 0 Å². The average molecular weight is 240 g/mol. The lowest BCUT2D eigenvalue weighted by Gasteiger charge is -2.24. The van der Waals surface area contributed by atoms with Crippen molar-refractivity contribution in [2.45, 2.75) is 32.1 Å². The second-order valence-corrected chi connectivity index (χ2v) is 5.03. The number of carbonyl (C=O) groups excluding carboxylic acids is 1. The number of aromatic nitrogens is 1. The van der Waals surface area contributed by atoms with Crippen LogP contribution in [0.4, 0.5) is 0 Å². The number of nitrogens with two attached hydrogens (primary N) is 1. The fourth-order valence-electron chi connectivity index (χ4n) is 2.93. The third-order valence-corrected chi connectivity index (χ3v) is 3.80. The van der Waals surface area contributed by atoms with Crippen molar-refractivity contribution in [1.82, 2.24) is 4.98 Å². The van der Waals surface area contributed by atoms with E-state index in [-0.39, 0.29) is 5.91 Å². The molecule has 0 unspecified atom stereocenters. The van der Waals surface area contributed by atoms with Gasteiger partial charge >= 0.3 is 0 Å². The van der Waals surface area contributed by atoms with Gasteiger partial charge in [0.1, 0.15) is 0 Å². The predicted octanol–water partition coefficient (Wildman–Crippen LogP) is 2.77. The standard InChI is InChI=1S/C15H16N2O/c1-9-5-4-7-11-13(15(16)18)10-6-2-3-8-12(10)17-14(9)11/h2-3,6,8-9H,4-5,7H2,1H3,(H2,16,18)/t9-/m0/s1. The van der Waals surface area contributed by atoms with Gasteiger partial charge in [-0.25, -0.2) is 0 Å². The summed E-state index contributed by atoms with van der Waals surface area (Å²) >= 11 is 0. The van der Waals surface area contributed by atoms with Crippen LogP contribution in [0.5, 0.6) is 0 Å². The summed E-state index contributed by atoms with van der Waals surface area (Å²) in [6, 6.07) is 7.75. The molecule has 0 radical (unpaired) electrons. The molecule has 0 saturated heterocycles. The molecule has 3 nitrogen and oxygen atoms in total. The summed E-state index contributed by atoms with van der Waals surface area (Å²) in [6.07, 6.45) is 3.15. The number of benzene rings is 1. The maximum atomic E-state index is 11.8. The topological polar surface area (TPSA) is 56.0 Å². The maximum Gasteiger partial charge on any atom is 0.249 e. The number of hydrogen-bond donors (Lipinski definition) is 1. The van der Waals surface area contributed by atoms with Crippen LogP contribution in [0.2, 0.25) is 0 Å². The lowest BCUT2D eigenvalue weighted by Crippen LogP contribution is -2.20. The van der Waals surface area contributed by atoms with Gasteiger partial charge in [0.05, 0.1) is 11.1 Å². The Morgan fingerprint density at radius 1 is 1.39 bits per heavy atom. The van der Waals surface area contributed by atoms with Gasteiger partial charge in [0, 0.05) is 11.1 Å². The molecule has 1 amide bonds. The highest BCUT2D eigenvalue weighted by molar-refractivity contribution is 6.07. The molecule has 0 spiro atoms. The van der Waals surface area contributed by atoms with Crippen molar-refractivity contribution < 1.29 is 4.79 Å². The fraction of sp³-hybridized carbons (Fsp3) is 0.333. The highest BCUT2D eigenvalue weighted by Crippen LogP contribution is 2.34. The smallest absolute Gasteiger partial charge is 0.249 e. The molecule has 0 fully saturated rings. The molecule has 0 aliphatic heterocycles. The fourth-order valence-corrected chi connectivity index (χ4v) is 2.93. The lowest BCUT2D eigenvalue weighted by atomic mass is 9.84. The molecule has 1 aliphatic rings. The molecule has 18 heavy (non-hydrogen) atoms. The van der Waals surface area contributed by atoms with Gasteiger partial charge in [-0.05, 0) is 36.8 Å². The quantitative estimate of drug-likeness (QED) is 0.833. The number of carbonyl (C=O) groups is 1. The number of rotatable bonds is 1. The molecule has 2 N–H and O–H groups in total. The minimum absolute atomic E-state index is 0.334. The summed E-state index contributed by atoms with van der Waals surface area (Å²) in [4.78, 5) is 16.5. The number of primary amides is 1. The molecule has 3 rings (SSSR count). The number of para-hydroxylation sites is 1. The van der Waals surface area contributed by atoms with E-state index in [1.165, 1.54) is 0 Å². The molecule has 1 aliphatic carbocycles. The summed E-state index contributed by atoms with van der Waals surface area (Å²) in [5.74, 6) is 0.0791. The predicted molar refractivity (Wildman–Crippen MR) is 71.6 cm³/mol. The van der Waals surface area contributed by atoms with Crippen molar-refractivity contribution in [3.8, 4) is 0 Å². The number of fused-ring (bicyclic) bond motifs is 2. The van der Waals surface area contributed by atoms with E-state index in [1.54, 1.807) is 0 Å². The summed E-state index contributed by atoms with van der Waals surface area (Å²) < 4.78 is 0. The molecular weight excluding hydrogens is 224 g/mol. The molecule has 3 heteroatoms. The van der Waals surface area contributed by atoms with Gasteiger partial charge in [0.25, 0.3) is 0 Å². The average Bonchev–Trinajstić information content (AvgIpc) is 2.36. The van der Waals surface area contributed by atoms with Gasteiger partial charge in [-0.2, -0.15) is 0 Å². The Morgan fingerprint density at radius 3 is 2.94 bits per heavy atom. The van der Waals surface area contributed by atoms with E-state index in [9.17, 15) is 4.79 Å². The Balaban J connectivity index is 2.41. The summed E-state index contributed by atoms with van der Waals surface area (Å²) in [5.41, 5.74) is 9.27. The monoisotopic (exact) mass is 240 g/mol. The Morgan fingerprint density at radius 2 is 2.17 bits per heavy atom.